The SMILES string of the molecule is CC(C)Cc1ccc([C@H](C)NC(=O)CN2C(=O)N[C@@]3(CCCC[C@@H]3C)C2=O)cc1. The molecule has 29 heavy (non-hydrogen) atoms. The molecule has 0 aromatic heterocycles. The van der Waals surface area contributed by atoms with Crippen LogP contribution < -0.4 is 10.6 Å². The van der Waals surface area contributed by atoms with Gasteiger partial charge in [0.05, 0.1) is 6.04 Å². The Bertz CT molecular complexity index is 774. The van der Waals surface area contributed by atoms with E-state index in [2.05, 4.69) is 36.6 Å². The minimum absolute atomic E-state index is 0.0871. The Morgan fingerprint density at radius 3 is 2.52 bits per heavy atom. The summed E-state index contributed by atoms with van der Waals surface area (Å²) >= 11 is 0. The smallest absolute Gasteiger partial charge is 0.325 e. The van der Waals surface area contributed by atoms with E-state index in [1.165, 1.54) is 5.56 Å². The normalized spacial score (nSPS) is 25.4. The van der Waals surface area contributed by atoms with Crippen LogP contribution in [0, 0.1) is 11.8 Å². The van der Waals surface area contributed by atoms with Crippen molar-refractivity contribution in [3.05, 3.63) is 35.4 Å². The fraction of sp³-hybridized carbons (Fsp3) is 0.609. The molecule has 0 bridgehead atoms. The van der Waals surface area contributed by atoms with Crippen LogP contribution in [0.5, 0.6) is 0 Å². The van der Waals surface area contributed by atoms with Crippen molar-refractivity contribution in [2.24, 2.45) is 11.8 Å². The Morgan fingerprint density at radius 1 is 1.21 bits per heavy atom. The first kappa shape index (κ1) is 21.3. The van der Waals surface area contributed by atoms with E-state index < -0.39 is 11.6 Å². The van der Waals surface area contributed by atoms with Gasteiger partial charge in [-0.05, 0) is 49.1 Å². The first-order valence-electron chi connectivity index (χ1n) is 10.7. The highest BCUT2D eigenvalue weighted by atomic mass is 16.2. The van der Waals surface area contributed by atoms with E-state index in [1.807, 2.05) is 26.0 Å². The number of carbonyl (C=O) groups is 3. The van der Waals surface area contributed by atoms with Crippen LogP contribution in [-0.2, 0) is 16.0 Å². The van der Waals surface area contributed by atoms with E-state index in [-0.39, 0.29) is 30.3 Å². The minimum Gasteiger partial charge on any atom is -0.348 e. The Hall–Kier alpha value is -2.37. The van der Waals surface area contributed by atoms with Crippen LogP contribution in [0.2, 0.25) is 0 Å². The summed E-state index contributed by atoms with van der Waals surface area (Å²) in [5, 5.41) is 5.80. The van der Waals surface area contributed by atoms with E-state index in [1.54, 1.807) is 0 Å². The fourth-order valence-corrected chi connectivity index (χ4v) is 4.57. The Balaban J connectivity index is 1.60. The predicted molar refractivity (Wildman–Crippen MR) is 112 cm³/mol. The zero-order valence-corrected chi connectivity index (χ0v) is 18.0. The van der Waals surface area contributed by atoms with Crippen molar-refractivity contribution < 1.29 is 14.4 Å². The van der Waals surface area contributed by atoms with Crippen LogP contribution in [0.4, 0.5) is 4.79 Å². The molecule has 3 atom stereocenters. The molecular weight excluding hydrogens is 366 g/mol. The Kier molecular flexibility index (Phi) is 6.30. The maximum atomic E-state index is 13.0. The number of imide groups is 1. The maximum Gasteiger partial charge on any atom is 0.325 e. The molecule has 1 aliphatic carbocycles. The lowest BCUT2D eigenvalue weighted by Gasteiger charge is -2.36. The minimum atomic E-state index is -0.826. The lowest BCUT2D eigenvalue weighted by Crippen LogP contribution is -2.54. The zero-order chi connectivity index (χ0) is 21.2. The molecule has 158 valence electrons. The number of nitrogens with one attached hydrogen (secondary N) is 2. The summed E-state index contributed by atoms with van der Waals surface area (Å²) < 4.78 is 0. The second kappa shape index (κ2) is 8.56. The van der Waals surface area contributed by atoms with Crippen LogP contribution in [0.1, 0.15) is 70.5 Å². The van der Waals surface area contributed by atoms with Gasteiger partial charge in [0.15, 0.2) is 0 Å². The lowest BCUT2D eigenvalue weighted by molar-refractivity contribution is -0.137. The predicted octanol–water partition coefficient (Wildman–Crippen LogP) is 3.56. The zero-order valence-electron chi connectivity index (χ0n) is 18.0. The van der Waals surface area contributed by atoms with Crippen molar-refractivity contribution in [2.45, 2.75) is 71.4 Å². The lowest BCUT2D eigenvalue weighted by atomic mass is 9.73. The third-order valence-electron chi connectivity index (χ3n) is 6.30. The van der Waals surface area contributed by atoms with E-state index in [0.29, 0.717) is 12.3 Å². The Morgan fingerprint density at radius 2 is 1.90 bits per heavy atom. The first-order valence-corrected chi connectivity index (χ1v) is 10.7. The number of rotatable bonds is 6. The van der Waals surface area contributed by atoms with Crippen molar-refractivity contribution in [3.63, 3.8) is 0 Å². The average molecular weight is 400 g/mol. The molecule has 3 rings (SSSR count). The topological polar surface area (TPSA) is 78.5 Å². The number of hydrogen-bond donors (Lipinski definition) is 2. The van der Waals surface area contributed by atoms with Gasteiger partial charge in [-0.3, -0.25) is 14.5 Å². The van der Waals surface area contributed by atoms with Gasteiger partial charge >= 0.3 is 6.03 Å². The highest BCUT2D eigenvalue weighted by Gasteiger charge is 2.55. The molecule has 0 radical (unpaired) electrons. The summed E-state index contributed by atoms with van der Waals surface area (Å²) in [4.78, 5) is 39.0. The van der Waals surface area contributed by atoms with E-state index in [4.69, 9.17) is 0 Å². The number of carbonyl (C=O) groups excluding carboxylic acids is 3. The molecule has 6 heteroatoms. The molecule has 4 amide bonds. The summed E-state index contributed by atoms with van der Waals surface area (Å²) in [6.07, 6.45) is 4.57. The van der Waals surface area contributed by atoms with Crippen molar-refractivity contribution in [1.29, 1.82) is 0 Å². The van der Waals surface area contributed by atoms with Crippen molar-refractivity contribution in [3.8, 4) is 0 Å². The third kappa shape index (κ3) is 4.46. The largest absolute Gasteiger partial charge is 0.348 e. The molecule has 1 aromatic carbocycles. The van der Waals surface area contributed by atoms with Crippen molar-refractivity contribution in [2.75, 3.05) is 6.54 Å². The van der Waals surface area contributed by atoms with Gasteiger partial charge in [-0.25, -0.2) is 4.79 Å². The van der Waals surface area contributed by atoms with E-state index in [9.17, 15) is 14.4 Å². The summed E-state index contributed by atoms with van der Waals surface area (Å²) in [6, 6.07) is 7.57. The number of hydrogen-bond acceptors (Lipinski definition) is 3. The van der Waals surface area contributed by atoms with Crippen LogP contribution in [0.3, 0.4) is 0 Å². The van der Waals surface area contributed by atoms with Gasteiger partial charge in [-0.15, -0.1) is 0 Å². The fourth-order valence-electron chi connectivity index (χ4n) is 4.57. The van der Waals surface area contributed by atoms with E-state index in [0.717, 1.165) is 36.1 Å². The van der Waals surface area contributed by atoms with Crippen molar-refractivity contribution >= 4 is 17.8 Å². The molecule has 2 aliphatic rings. The van der Waals surface area contributed by atoms with Crippen LogP contribution >= 0.6 is 0 Å². The van der Waals surface area contributed by atoms with Gasteiger partial charge in [0.25, 0.3) is 5.91 Å². The van der Waals surface area contributed by atoms with Crippen LogP contribution in [0.25, 0.3) is 0 Å². The third-order valence-corrected chi connectivity index (χ3v) is 6.30. The summed E-state index contributed by atoms with van der Waals surface area (Å²) in [7, 11) is 0. The highest BCUT2D eigenvalue weighted by Crippen LogP contribution is 2.38. The standard InChI is InChI=1S/C23H33N3O3/c1-15(2)13-18-8-10-19(11-9-18)17(4)24-20(27)14-26-21(28)23(25-22(26)29)12-6-5-7-16(23)3/h8-11,15-17H,5-7,12-14H2,1-4H3,(H,24,27)(H,25,29)/t16-,17-,23+/m0/s1. The highest BCUT2D eigenvalue weighted by molar-refractivity contribution is 6.09. The molecule has 1 aliphatic heterocycles. The van der Waals surface area contributed by atoms with Crippen LogP contribution in [-0.4, -0.2) is 34.8 Å². The molecular formula is C23H33N3O3. The number of urea groups is 1. The molecule has 1 saturated heterocycles. The van der Waals surface area contributed by atoms with Gasteiger partial charge in [0, 0.05) is 0 Å². The van der Waals surface area contributed by atoms with E-state index >= 15 is 0 Å². The van der Waals surface area contributed by atoms with Crippen LogP contribution in [0.15, 0.2) is 24.3 Å². The van der Waals surface area contributed by atoms with Gasteiger partial charge in [0.2, 0.25) is 5.91 Å². The molecule has 1 heterocycles. The molecule has 0 unspecified atom stereocenters. The summed E-state index contributed by atoms with van der Waals surface area (Å²) in [5.41, 5.74) is 1.45. The molecule has 1 spiro atoms. The first-order chi connectivity index (χ1) is 13.7. The van der Waals surface area contributed by atoms with Gasteiger partial charge in [0.1, 0.15) is 12.1 Å². The van der Waals surface area contributed by atoms with Crippen molar-refractivity contribution in [1.82, 2.24) is 15.5 Å². The van der Waals surface area contributed by atoms with Gasteiger partial charge in [-0.1, -0.05) is 57.9 Å². The number of amides is 4. The molecule has 2 N–H and O–H groups in total. The molecule has 6 nitrogen and oxygen atoms in total. The quantitative estimate of drug-likeness (QED) is 0.718. The summed E-state index contributed by atoms with van der Waals surface area (Å²) in [6.45, 7) is 8.04. The van der Waals surface area contributed by atoms with Gasteiger partial charge < -0.3 is 10.6 Å². The number of nitrogens with zero attached hydrogens (tertiary/aromatic N) is 1. The summed E-state index contributed by atoms with van der Waals surface area (Å²) in [5.74, 6) is 0.102. The molecule has 1 saturated carbocycles. The maximum absolute atomic E-state index is 13.0. The second-order valence-electron chi connectivity index (χ2n) is 9.07. The monoisotopic (exact) mass is 399 g/mol. The van der Waals surface area contributed by atoms with Gasteiger partial charge in [-0.2, -0.15) is 0 Å². The average Bonchev–Trinajstić information content (AvgIpc) is 2.89. The molecule has 2 fully saturated rings. The number of benzene rings is 1. The molecule has 1 aromatic rings. The second-order valence-corrected chi connectivity index (χ2v) is 9.07. The Labute approximate surface area is 173 Å².